The van der Waals surface area contributed by atoms with Crippen LogP contribution in [0, 0.1) is 5.92 Å². The quantitative estimate of drug-likeness (QED) is 0.154. The molecule has 8 heteroatoms. The summed E-state index contributed by atoms with van der Waals surface area (Å²) in [5.74, 6) is 1.73. The number of aromatic hydroxyl groups is 1. The number of aliphatic hydroxyl groups is 1. The lowest BCUT2D eigenvalue weighted by Gasteiger charge is -2.39. The number of ether oxygens (including phenoxy) is 3. The Balaban J connectivity index is 1.28. The van der Waals surface area contributed by atoms with Crippen LogP contribution in [0.4, 0.5) is 0 Å². The van der Waals surface area contributed by atoms with Crippen LogP contribution in [0.2, 0.25) is 0 Å². The largest absolute Gasteiger partial charge is 0.504 e. The topological polar surface area (TPSA) is 111 Å². The molecule has 0 amide bonds. The summed E-state index contributed by atoms with van der Waals surface area (Å²) in [6, 6.07) is 19.3. The summed E-state index contributed by atoms with van der Waals surface area (Å²) in [6.45, 7) is 4.33. The predicted molar refractivity (Wildman–Crippen MR) is 205 cm³/mol. The average Bonchev–Trinajstić information content (AvgIpc) is 3.61. The molecular weight excluding hydrogens is 651 g/mol. The van der Waals surface area contributed by atoms with Crippen LogP contribution in [0.3, 0.4) is 0 Å². The monoisotopic (exact) mass is 703 g/mol. The molecule has 4 atom stereocenters. The van der Waals surface area contributed by atoms with Gasteiger partial charge in [-0.1, -0.05) is 74.7 Å². The highest BCUT2D eigenvalue weighted by Crippen LogP contribution is 2.44. The number of dihydropyridines is 1. The van der Waals surface area contributed by atoms with E-state index < -0.39 is 6.10 Å². The van der Waals surface area contributed by atoms with Crippen molar-refractivity contribution >= 4 is 16.6 Å². The van der Waals surface area contributed by atoms with Crippen molar-refractivity contribution in [2.45, 2.75) is 102 Å². The van der Waals surface area contributed by atoms with E-state index in [4.69, 9.17) is 19.9 Å². The molecule has 0 spiro atoms. The minimum Gasteiger partial charge on any atom is -0.504 e. The SMILES string of the molecule is CCCCC[C@H]1C[C@H](O)[C@@H]2CCc3c(ccc(O)c3OCc3cc(C4(c5ccccc5)CCOCC4)cc4cn(cc34)C3=C(C=CC(N)N3)CO1)C2. The van der Waals surface area contributed by atoms with E-state index in [1.807, 2.05) is 12.1 Å². The van der Waals surface area contributed by atoms with Gasteiger partial charge in [0.05, 0.1) is 25.0 Å². The molecule has 8 nitrogen and oxygen atoms in total. The first-order valence-corrected chi connectivity index (χ1v) is 19.4. The van der Waals surface area contributed by atoms with Gasteiger partial charge in [0.25, 0.3) is 0 Å². The van der Waals surface area contributed by atoms with Crippen LogP contribution in [-0.2, 0) is 34.3 Å². The Morgan fingerprint density at radius 3 is 2.65 bits per heavy atom. The van der Waals surface area contributed by atoms with Gasteiger partial charge in [0.15, 0.2) is 11.5 Å². The number of unbranched alkanes of at least 4 members (excludes halogenated alkanes) is 2. The molecule has 5 N–H and O–H groups in total. The first kappa shape index (κ1) is 35.0. The molecular formula is C44H53N3O5. The van der Waals surface area contributed by atoms with Crippen LogP contribution in [0.1, 0.15) is 86.1 Å². The lowest BCUT2D eigenvalue weighted by molar-refractivity contribution is -0.00190. The average molecular weight is 704 g/mol. The number of aliphatic hydroxyl groups excluding tert-OH is 1. The maximum atomic E-state index is 11.6. The van der Waals surface area contributed by atoms with Crippen molar-refractivity contribution in [2.75, 3.05) is 19.8 Å². The van der Waals surface area contributed by atoms with Crippen molar-refractivity contribution in [2.24, 2.45) is 11.7 Å². The van der Waals surface area contributed by atoms with Crippen molar-refractivity contribution in [3.8, 4) is 11.5 Å². The van der Waals surface area contributed by atoms with E-state index in [9.17, 15) is 10.2 Å². The molecule has 274 valence electrons. The third kappa shape index (κ3) is 6.90. The van der Waals surface area contributed by atoms with E-state index in [1.165, 1.54) is 11.1 Å². The van der Waals surface area contributed by atoms with Gasteiger partial charge in [-0.2, -0.15) is 0 Å². The van der Waals surface area contributed by atoms with Gasteiger partial charge in [0.1, 0.15) is 12.4 Å². The molecule has 1 saturated heterocycles. The summed E-state index contributed by atoms with van der Waals surface area (Å²) in [5, 5.41) is 28.5. The molecule has 52 heavy (non-hydrogen) atoms. The van der Waals surface area contributed by atoms with E-state index in [-0.39, 0.29) is 29.4 Å². The third-order valence-corrected chi connectivity index (χ3v) is 12.0. The van der Waals surface area contributed by atoms with Crippen molar-refractivity contribution in [1.29, 1.82) is 0 Å². The molecule has 0 saturated carbocycles. The molecule has 1 unspecified atom stereocenters. The predicted octanol–water partition coefficient (Wildman–Crippen LogP) is 7.47. The van der Waals surface area contributed by atoms with E-state index in [0.717, 1.165) is 96.6 Å². The number of phenolic OH excluding ortho intramolecular Hbond substituents is 1. The highest BCUT2D eigenvalue weighted by atomic mass is 16.5. The Hall–Kier alpha value is -4.08. The summed E-state index contributed by atoms with van der Waals surface area (Å²) in [5.41, 5.74) is 13.1. The summed E-state index contributed by atoms with van der Waals surface area (Å²) in [6.07, 6.45) is 16.5. The minimum atomic E-state index is -0.483. The third-order valence-electron chi connectivity index (χ3n) is 12.0. The molecule has 6 bridgehead atoms. The van der Waals surface area contributed by atoms with Gasteiger partial charge in [0.2, 0.25) is 0 Å². The maximum Gasteiger partial charge on any atom is 0.164 e. The lowest BCUT2D eigenvalue weighted by Crippen LogP contribution is -2.39. The highest BCUT2D eigenvalue weighted by molar-refractivity contribution is 5.88. The van der Waals surface area contributed by atoms with Crippen LogP contribution in [-0.4, -0.2) is 53.0 Å². The maximum absolute atomic E-state index is 11.6. The van der Waals surface area contributed by atoms with E-state index in [0.29, 0.717) is 38.6 Å². The molecule has 0 radical (unpaired) electrons. The number of benzene rings is 3. The Bertz CT molecular complexity index is 1940. The standard InChI is InChI=1S/C44H53N3O5/c1-2-3-5-10-36-24-40(49)30-11-14-37-29(21-30)12-15-39(48)42(37)52-28-33-23-35(44(17-19-50-20-18-44)34-8-6-4-7-9-34)22-32-25-47(26-38(32)33)43-31(27-51-36)13-16-41(45)46-43/h4,6-9,12-13,15-16,22-23,25-26,30,36,40-41,46,48-49H,2-3,5,10-11,14,17-21,24,27-28,45H2,1H3/t30-,36+,40+,41?/m1/s1. The zero-order valence-electron chi connectivity index (χ0n) is 30.4. The van der Waals surface area contributed by atoms with Crippen molar-refractivity contribution in [1.82, 2.24) is 9.88 Å². The van der Waals surface area contributed by atoms with Crippen LogP contribution in [0.5, 0.6) is 11.5 Å². The van der Waals surface area contributed by atoms with Gasteiger partial charge in [-0.15, -0.1) is 0 Å². The van der Waals surface area contributed by atoms with Crippen LogP contribution in [0.25, 0.3) is 16.6 Å². The minimum absolute atomic E-state index is 0.0650. The summed E-state index contributed by atoms with van der Waals surface area (Å²) >= 11 is 0. The molecule has 1 aliphatic carbocycles. The molecule has 5 aliphatic rings. The zero-order valence-corrected chi connectivity index (χ0v) is 30.4. The Morgan fingerprint density at radius 1 is 0.981 bits per heavy atom. The number of phenols is 1. The van der Waals surface area contributed by atoms with E-state index >= 15 is 0 Å². The number of nitrogens with zero attached hydrogens (tertiary/aromatic N) is 1. The summed E-state index contributed by atoms with van der Waals surface area (Å²) < 4.78 is 21.5. The number of hydrogen-bond acceptors (Lipinski definition) is 7. The summed E-state index contributed by atoms with van der Waals surface area (Å²) in [4.78, 5) is 0. The number of rotatable bonds is 6. The fourth-order valence-corrected chi connectivity index (χ4v) is 9.06. The fourth-order valence-electron chi connectivity index (χ4n) is 9.06. The number of hydrogen-bond donors (Lipinski definition) is 4. The smallest absolute Gasteiger partial charge is 0.164 e. The highest BCUT2D eigenvalue weighted by Gasteiger charge is 2.37. The molecule has 4 aromatic rings. The molecule has 4 aliphatic heterocycles. The second kappa shape index (κ2) is 15.1. The Kier molecular flexibility index (Phi) is 10.2. The Labute approximate surface area is 307 Å². The summed E-state index contributed by atoms with van der Waals surface area (Å²) in [7, 11) is 0. The second-order valence-corrected chi connectivity index (χ2v) is 15.3. The molecule has 1 fully saturated rings. The number of fused-ring (bicyclic) bond motifs is 6. The number of nitrogens with one attached hydrogen (secondary N) is 1. The zero-order chi connectivity index (χ0) is 35.7. The first-order valence-electron chi connectivity index (χ1n) is 19.4. The number of nitrogens with two attached hydrogens (primary N) is 1. The normalized spacial score (nSPS) is 24.6. The first-order chi connectivity index (χ1) is 25.4. The van der Waals surface area contributed by atoms with Gasteiger partial charge in [-0.25, -0.2) is 0 Å². The van der Waals surface area contributed by atoms with Crippen LogP contribution < -0.4 is 15.8 Å². The fraction of sp³-hybridized carbons (Fsp3) is 0.455. The molecule has 3 aromatic carbocycles. The van der Waals surface area contributed by atoms with Crippen LogP contribution in [0.15, 0.2) is 84.7 Å². The lowest BCUT2D eigenvalue weighted by atomic mass is 9.68. The van der Waals surface area contributed by atoms with Gasteiger partial charge in [-0.3, -0.25) is 0 Å². The molecule has 5 heterocycles. The van der Waals surface area contributed by atoms with E-state index in [2.05, 4.69) is 77.7 Å². The van der Waals surface area contributed by atoms with Gasteiger partial charge >= 0.3 is 0 Å². The molecule has 1 aromatic heterocycles. The van der Waals surface area contributed by atoms with Crippen LogP contribution >= 0.6 is 0 Å². The Morgan fingerprint density at radius 2 is 1.83 bits per heavy atom. The van der Waals surface area contributed by atoms with Crippen molar-refractivity contribution < 1.29 is 24.4 Å². The second-order valence-electron chi connectivity index (χ2n) is 15.3. The van der Waals surface area contributed by atoms with Gasteiger partial charge in [-0.05, 0) is 91.3 Å². The van der Waals surface area contributed by atoms with Crippen molar-refractivity contribution in [3.05, 3.63) is 113 Å². The number of aromatic nitrogens is 1. The van der Waals surface area contributed by atoms with Crippen molar-refractivity contribution in [3.63, 3.8) is 0 Å². The van der Waals surface area contributed by atoms with Gasteiger partial charge < -0.3 is 40.0 Å². The molecule has 9 rings (SSSR count). The van der Waals surface area contributed by atoms with Gasteiger partial charge in [0, 0.05) is 52.9 Å². The van der Waals surface area contributed by atoms with E-state index in [1.54, 1.807) is 6.07 Å².